The molecule has 2 aliphatic rings. The smallest absolute Gasteiger partial charge is 0.334 e. The number of nitrogens with two attached hydrogens (primary N) is 1. The number of carbonyl (C=O) groups is 1. The fourth-order valence-electron chi connectivity index (χ4n) is 5.50. The SMILES string of the molecule is NSc1ccc(CNC(=O)N2CC3(CCCC3)c3cc(-c4c(F)cccc4C(F)(F)F)ccc32)cc1. The lowest BCUT2D eigenvalue weighted by Crippen LogP contribution is -2.41. The minimum Gasteiger partial charge on any atom is -0.334 e. The number of anilines is 1. The summed E-state index contributed by atoms with van der Waals surface area (Å²) in [7, 11) is 0. The zero-order valence-electron chi connectivity index (χ0n) is 19.4. The fraction of sp³-hybridized carbons (Fsp3) is 0.296. The lowest BCUT2D eigenvalue weighted by molar-refractivity contribution is -0.137. The minimum absolute atomic E-state index is 0.172. The zero-order chi connectivity index (χ0) is 25.5. The highest BCUT2D eigenvalue weighted by atomic mass is 32.2. The van der Waals surface area contributed by atoms with Gasteiger partial charge in [-0.15, -0.1) is 0 Å². The van der Waals surface area contributed by atoms with Gasteiger partial charge < -0.3 is 5.32 Å². The number of hydrogen-bond acceptors (Lipinski definition) is 3. The lowest BCUT2D eigenvalue weighted by Gasteiger charge is -2.25. The van der Waals surface area contributed by atoms with Crippen LogP contribution in [0.25, 0.3) is 11.1 Å². The van der Waals surface area contributed by atoms with E-state index in [0.717, 1.165) is 71.9 Å². The van der Waals surface area contributed by atoms with Crippen molar-refractivity contribution in [2.75, 3.05) is 11.4 Å². The van der Waals surface area contributed by atoms with Gasteiger partial charge in [0.2, 0.25) is 0 Å². The van der Waals surface area contributed by atoms with Crippen LogP contribution >= 0.6 is 11.9 Å². The number of urea groups is 1. The molecule has 1 fully saturated rings. The molecular formula is C27H25F4N3OS. The van der Waals surface area contributed by atoms with E-state index < -0.39 is 23.1 Å². The van der Waals surface area contributed by atoms with Gasteiger partial charge in [-0.2, -0.15) is 13.2 Å². The van der Waals surface area contributed by atoms with Gasteiger partial charge in [0.1, 0.15) is 5.82 Å². The van der Waals surface area contributed by atoms with E-state index in [1.54, 1.807) is 17.0 Å². The average Bonchev–Trinajstić information content (AvgIpc) is 3.47. The molecular weight excluding hydrogens is 490 g/mol. The van der Waals surface area contributed by atoms with E-state index >= 15 is 0 Å². The highest BCUT2D eigenvalue weighted by Gasteiger charge is 2.46. The number of nitrogens with zero attached hydrogens (tertiary/aromatic N) is 1. The van der Waals surface area contributed by atoms with Gasteiger partial charge in [-0.25, -0.2) is 9.18 Å². The van der Waals surface area contributed by atoms with Gasteiger partial charge in [-0.3, -0.25) is 10.0 Å². The van der Waals surface area contributed by atoms with Crippen LogP contribution < -0.4 is 15.4 Å². The van der Waals surface area contributed by atoms with Crippen LogP contribution in [0.15, 0.2) is 65.6 Å². The highest BCUT2D eigenvalue weighted by molar-refractivity contribution is 7.97. The Labute approximate surface area is 211 Å². The van der Waals surface area contributed by atoms with E-state index in [4.69, 9.17) is 5.14 Å². The third kappa shape index (κ3) is 4.46. The normalized spacial score (nSPS) is 16.4. The summed E-state index contributed by atoms with van der Waals surface area (Å²) in [4.78, 5) is 15.8. The Bertz CT molecular complexity index is 1290. The number of benzene rings is 3. The van der Waals surface area contributed by atoms with Crippen molar-refractivity contribution >= 4 is 23.7 Å². The summed E-state index contributed by atoms with van der Waals surface area (Å²) >= 11 is 1.15. The third-order valence-electron chi connectivity index (χ3n) is 7.24. The third-order valence-corrected chi connectivity index (χ3v) is 7.78. The van der Waals surface area contributed by atoms with Crippen molar-refractivity contribution in [1.29, 1.82) is 0 Å². The molecule has 1 aliphatic carbocycles. The van der Waals surface area contributed by atoms with Crippen LogP contribution in [0.4, 0.5) is 28.0 Å². The molecule has 188 valence electrons. The van der Waals surface area contributed by atoms with Gasteiger partial charge in [-0.05, 0) is 77.9 Å². The van der Waals surface area contributed by atoms with Crippen molar-refractivity contribution in [2.45, 2.75) is 48.7 Å². The van der Waals surface area contributed by atoms with Gasteiger partial charge in [-0.1, -0.05) is 37.1 Å². The molecule has 0 bridgehead atoms. The van der Waals surface area contributed by atoms with Crippen LogP contribution in [0, 0.1) is 5.82 Å². The standard InChI is InChI=1S/C27H25F4N3OS/c28-22-5-3-4-20(27(29,30)31)24(22)18-8-11-23-21(14-18)26(12-1-2-13-26)16-34(23)25(35)33-15-17-6-9-19(36-32)10-7-17/h3-11,14H,1-2,12-13,15-16,32H2,(H,33,35). The number of rotatable bonds is 4. The highest BCUT2D eigenvalue weighted by Crippen LogP contribution is 2.52. The molecule has 3 N–H and O–H groups in total. The van der Waals surface area contributed by atoms with Crippen molar-refractivity contribution < 1.29 is 22.4 Å². The lowest BCUT2D eigenvalue weighted by atomic mass is 9.79. The molecule has 0 radical (unpaired) electrons. The minimum atomic E-state index is -4.69. The maximum absolute atomic E-state index is 14.7. The van der Waals surface area contributed by atoms with E-state index in [2.05, 4.69) is 5.32 Å². The summed E-state index contributed by atoms with van der Waals surface area (Å²) < 4.78 is 55.8. The summed E-state index contributed by atoms with van der Waals surface area (Å²) in [6.45, 7) is 0.777. The number of halogens is 4. The van der Waals surface area contributed by atoms with E-state index in [-0.39, 0.29) is 17.0 Å². The average molecular weight is 516 g/mol. The van der Waals surface area contributed by atoms with Crippen LogP contribution in [-0.4, -0.2) is 12.6 Å². The fourth-order valence-corrected chi connectivity index (χ4v) is 5.79. The number of alkyl halides is 3. The molecule has 1 heterocycles. The van der Waals surface area contributed by atoms with E-state index in [1.807, 2.05) is 24.3 Å². The number of fused-ring (bicyclic) bond motifs is 2. The van der Waals surface area contributed by atoms with E-state index in [0.29, 0.717) is 18.8 Å². The maximum Gasteiger partial charge on any atom is 0.417 e. The first kappa shape index (κ1) is 24.6. The molecule has 1 aliphatic heterocycles. The molecule has 2 amide bonds. The van der Waals surface area contributed by atoms with Crippen LogP contribution in [0.5, 0.6) is 0 Å². The molecule has 5 rings (SSSR count). The summed E-state index contributed by atoms with van der Waals surface area (Å²) in [6.07, 6.45) is -1.09. The predicted molar refractivity (Wildman–Crippen MR) is 133 cm³/mol. The van der Waals surface area contributed by atoms with Gasteiger partial charge in [0.25, 0.3) is 0 Å². The topological polar surface area (TPSA) is 58.4 Å². The van der Waals surface area contributed by atoms with Crippen LogP contribution in [0.2, 0.25) is 0 Å². The van der Waals surface area contributed by atoms with Crippen LogP contribution in [-0.2, 0) is 18.1 Å². The Hall–Kier alpha value is -3.04. The zero-order valence-corrected chi connectivity index (χ0v) is 20.2. The Morgan fingerprint density at radius 1 is 1.06 bits per heavy atom. The summed E-state index contributed by atoms with van der Waals surface area (Å²) in [6, 6.07) is 15.1. The predicted octanol–water partition coefficient (Wildman–Crippen LogP) is 7.02. The van der Waals surface area contributed by atoms with Gasteiger partial charge in [0, 0.05) is 34.7 Å². The van der Waals surface area contributed by atoms with Crippen molar-refractivity contribution in [1.82, 2.24) is 5.32 Å². The molecule has 1 spiro atoms. The molecule has 36 heavy (non-hydrogen) atoms. The van der Waals surface area contributed by atoms with Crippen molar-refractivity contribution in [2.24, 2.45) is 5.14 Å². The second-order valence-corrected chi connectivity index (χ2v) is 10.1. The molecule has 3 aromatic carbocycles. The molecule has 4 nitrogen and oxygen atoms in total. The molecule has 9 heteroatoms. The Morgan fingerprint density at radius 3 is 2.44 bits per heavy atom. The second kappa shape index (κ2) is 9.44. The quantitative estimate of drug-likeness (QED) is 0.290. The van der Waals surface area contributed by atoms with E-state index in [9.17, 15) is 22.4 Å². The van der Waals surface area contributed by atoms with Crippen molar-refractivity contribution in [3.05, 3.63) is 83.2 Å². The Balaban J connectivity index is 1.47. The first-order valence-electron chi connectivity index (χ1n) is 11.7. The number of nitrogens with one attached hydrogen (secondary N) is 1. The number of hydrogen-bond donors (Lipinski definition) is 2. The summed E-state index contributed by atoms with van der Waals surface area (Å²) in [5, 5.41) is 8.51. The first-order valence-corrected chi connectivity index (χ1v) is 12.6. The second-order valence-electron chi connectivity index (χ2n) is 9.39. The van der Waals surface area contributed by atoms with Crippen molar-refractivity contribution in [3.8, 4) is 11.1 Å². The van der Waals surface area contributed by atoms with Crippen LogP contribution in [0.1, 0.15) is 42.4 Å². The monoisotopic (exact) mass is 515 g/mol. The molecule has 0 aromatic heterocycles. The molecule has 0 unspecified atom stereocenters. The number of carbonyl (C=O) groups excluding carboxylic acids is 1. The maximum atomic E-state index is 14.7. The molecule has 0 saturated heterocycles. The van der Waals surface area contributed by atoms with Gasteiger partial charge >= 0.3 is 12.2 Å². The van der Waals surface area contributed by atoms with E-state index in [1.165, 1.54) is 6.07 Å². The van der Waals surface area contributed by atoms with Gasteiger partial charge in [0.05, 0.1) is 5.56 Å². The first-order chi connectivity index (χ1) is 17.2. The Kier molecular flexibility index (Phi) is 6.46. The van der Waals surface area contributed by atoms with Gasteiger partial charge in [0.15, 0.2) is 0 Å². The largest absolute Gasteiger partial charge is 0.417 e. The summed E-state index contributed by atoms with van der Waals surface area (Å²) in [5.74, 6) is -0.920. The molecule has 0 atom stereocenters. The van der Waals surface area contributed by atoms with Crippen molar-refractivity contribution in [3.63, 3.8) is 0 Å². The molecule has 1 saturated carbocycles. The Morgan fingerprint density at radius 2 is 1.78 bits per heavy atom. The number of amides is 2. The summed E-state index contributed by atoms with van der Waals surface area (Å²) in [5.41, 5.74) is 0.770. The molecule has 3 aromatic rings. The van der Waals surface area contributed by atoms with Crippen LogP contribution in [0.3, 0.4) is 0 Å².